The fourth-order valence-electron chi connectivity index (χ4n) is 2.98. The largest absolute Gasteiger partial charge is 0.548 e. The van der Waals surface area contributed by atoms with Crippen molar-refractivity contribution in [3.05, 3.63) is 18.3 Å². The van der Waals surface area contributed by atoms with Gasteiger partial charge in [-0.05, 0) is 20.8 Å². The molecule has 0 bridgehead atoms. The molecule has 0 saturated carbocycles. The minimum Gasteiger partial charge on any atom is -0.548 e. The molecular formula is C15H21N3O4. The molecule has 1 fully saturated rings. The molecule has 1 saturated heterocycles. The van der Waals surface area contributed by atoms with Crippen molar-refractivity contribution in [2.75, 3.05) is 20.7 Å². The minimum absolute atomic E-state index is 0.106. The molecule has 0 N–H and O–H groups in total. The summed E-state index contributed by atoms with van der Waals surface area (Å²) >= 11 is 0. The summed E-state index contributed by atoms with van der Waals surface area (Å²) in [5.74, 6) is -0.811. The van der Waals surface area contributed by atoms with Crippen molar-refractivity contribution in [3.63, 3.8) is 0 Å². The van der Waals surface area contributed by atoms with Crippen LogP contribution in [0.3, 0.4) is 0 Å². The number of hydrogen-bond donors (Lipinski definition) is 0. The Morgan fingerprint density at radius 1 is 1.45 bits per heavy atom. The zero-order chi connectivity index (χ0) is 16.7. The normalized spacial score (nSPS) is 25.4. The molecular weight excluding hydrogens is 286 g/mol. The van der Waals surface area contributed by atoms with Crippen molar-refractivity contribution in [2.45, 2.75) is 32.4 Å². The lowest BCUT2D eigenvalue weighted by atomic mass is 10.00. The first-order chi connectivity index (χ1) is 10.1. The van der Waals surface area contributed by atoms with E-state index in [-0.39, 0.29) is 17.1 Å². The lowest BCUT2D eigenvalue weighted by molar-refractivity contribution is -0.309. The van der Waals surface area contributed by atoms with Gasteiger partial charge in [0.05, 0.1) is 19.3 Å². The van der Waals surface area contributed by atoms with E-state index in [1.165, 1.54) is 19.1 Å². The van der Waals surface area contributed by atoms with E-state index in [0.29, 0.717) is 11.6 Å². The predicted octanol–water partition coefficient (Wildman–Crippen LogP) is 0.380. The summed E-state index contributed by atoms with van der Waals surface area (Å²) in [6, 6.07) is 2.17. The van der Waals surface area contributed by atoms with Gasteiger partial charge in [-0.1, -0.05) is 0 Å². The Hall–Kier alpha value is -2.15. The molecule has 2 atom stereocenters. The molecule has 2 heterocycles. The molecule has 0 aliphatic carbocycles. The first kappa shape index (κ1) is 16.2. The second-order valence-electron chi connectivity index (χ2n) is 6.45. The van der Waals surface area contributed by atoms with E-state index in [2.05, 4.69) is 4.98 Å². The van der Waals surface area contributed by atoms with E-state index in [1.807, 2.05) is 20.8 Å². The zero-order valence-corrected chi connectivity index (χ0v) is 13.5. The number of carboxylic acid groups (broad SMARTS) is 1. The highest BCUT2D eigenvalue weighted by Crippen LogP contribution is 2.39. The number of rotatable bonds is 3. The lowest BCUT2D eigenvalue weighted by Gasteiger charge is -2.41. The molecule has 22 heavy (non-hydrogen) atoms. The van der Waals surface area contributed by atoms with Crippen molar-refractivity contribution >= 4 is 17.7 Å². The second kappa shape index (κ2) is 5.24. The Balaban J connectivity index is 2.59. The average Bonchev–Trinajstić information content (AvgIpc) is 2.73. The van der Waals surface area contributed by atoms with Gasteiger partial charge in [-0.3, -0.25) is 4.90 Å². The maximum Gasteiger partial charge on any atom is 0.425 e. The van der Waals surface area contributed by atoms with Crippen LogP contribution in [0.1, 0.15) is 20.8 Å². The van der Waals surface area contributed by atoms with Gasteiger partial charge in [0.1, 0.15) is 18.1 Å². The molecule has 2 unspecified atom stereocenters. The molecule has 0 radical (unpaired) electrons. The Kier molecular flexibility index (Phi) is 3.87. The van der Waals surface area contributed by atoms with Crippen molar-refractivity contribution in [3.8, 4) is 5.88 Å². The SMILES string of the molecule is COc1ccc([N+]2(C(C)(C)C)CC(C(=O)[O-])N(C)C2=O)cn1. The molecule has 1 aromatic rings. The fraction of sp³-hybridized carbons (Fsp3) is 0.533. The number of pyridine rings is 1. The third kappa shape index (κ3) is 2.21. The number of urea groups is 1. The van der Waals surface area contributed by atoms with E-state index in [0.717, 1.165) is 0 Å². The number of aromatic nitrogens is 1. The lowest BCUT2D eigenvalue weighted by Crippen LogP contribution is -2.63. The number of hydrogen-bond acceptors (Lipinski definition) is 5. The molecule has 0 spiro atoms. The molecule has 7 nitrogen and oxygen atoms in total. The van der Waals surface area contributed by atoms with Crippen molar-refractivity contribution in [1.82, 2.24) is 14.4 Å². The van der Waals surface area contributed by atoms with E-state index < -0.39 is 17.6 Å². The average molecular weight is 307 g/mol. The molecule has 120 valence electrons. The summed E-state index contributed by atoms with van der Waals surface area (Å²) in [4.78, 5) is 29.6. The maximum atomic E-state index is 12.9. The smallest absolute Gasteiger partial charge is 0.425 e. The number of carbonyl (C=O) groups is 2. The number of quaternary nitrogens is 1. The maximum absolute atomic E-state index is 12.9. The van der Waals surface area contributed by atoms with Crippen molar-refractivity contribution in [2.24, 2.45) is 0 Å². The van der Waals surface area contributed by atoms with Gasteiger partial charge >= 0.3 is 6.03 Å². The van der Waals surface area contributed by atoms with Gasteiger partial charge in [0.25, 0.3) is 0 Å². The first-order valence-corrected chi connectivity index (χ1v) is 7.02. The van der Waals surface area contributed by atoms with Crippen LogP contribution < -0.4 is 14.3 Å². The van der Waals surface area contributed by atoms with Crippen LogP contribution >= 0.6 is 0 Å². The van der Waals surface area contributed by atoms with Crippen molar-refractivity contribution in [1.29, 1.82) is 0 Å². The van der Waals surface area contributed by atoms with Crippen LogP contribution in [0.4, 0.5) is 10.5 Å². The number of nitrogens with zero attached hydrogens (tertiary/aromatic N) is 3. The summed E-state index contributed by atoms with van der Waals surface area (Å²) in [7, 11) is 3.00. The van der Waals surface area contributed by atoms with E-state index in [4.69, 9.17) is 4.74 Å². The van der Waals surface area contributed by atoms with Gasteiger partial charge in [0.2, 0.25) is 5.88 Å². The summed E-state index contributed by atoms with van der Waals surface area (Å²) < 4.78 is 4.91. The zero-order valence-electron chi connectivity index (χ0n) is 13.5. The van der Waals surface area contributed by atoms with Crippen LogP contribution in [-0.2, 0) is 4.79 Å². The van der Waals surface area contributed by atoms with E-state index in [9.17, 15) is 14.7 Å². The van der Waals surface area contributed by atoms with Crippen LogP contribution in [0.15, 0.2) is 18.3 Å². The van der Waals surface area contributed by atoms with Gasteiger partial charge < -0.3 is 14.6 Å². The molecule has 0 aromatic carbocycles. The Morgan fingerprint density at radius 3 is 2.45 bits per heavy atom. The second-order valence-corrected chi connectivity index (χ2v) is 6.45. The van der Waals surface area contributed by atoms with Crippen LogP contribution in [0.5, 0.6) is 5.88 Å². The van der Waals surface area contributed by atoms with Crippen LogP contribution in [0, 0.1) is 0 Å². The summed E-state index contributed by atoms with van der Waals surface area (Å²) in [6.07, 6.45) is 1.56. The fourth-order valence-corrected chi connectivity index (χ4v) is 2.98. The quantitative estimate of drug-likeness (QED) is 0.754. The summed E-state index contributed by atoms with van der Waals surface area (Å²) in [5, 5.41) is 11.4. The minimum atomic E-state index is -1.25. The van der Waals surface area contributed by atoms with Gasteiger partial charge in [-0.2, -0.15) is 0 Å². The van der Waals surface area contributed by atoms with Crippen LogP contribution in [-0.4, -0.2) is 54.2 Å². The number of ether oxygens (including phenoxy) is 1. The number of likely N-dealkylation sites (N-methyl/N-ethyl adjacent to an activating group) is 1. The highest BCUT2D eigenvalue weighted by atomic mass is 16.5. The monoisotopic (exact) mass is 307 g/mol. The number of carboxylic acids is 1. The molecule has 1 aliphatic rings. The van der Waals surface area contributed by atoms with Gasteiger partial charge in [0.15, 0.2) is 5.69 Å². The molecule has 1 aromatic heterocycles. The van der Waals surface area contributed by atoms with E-state index >= 15 is 0 Å². The van der Waals surface area contributed by atoms with Crippen LogP contribution in [0.25, 0.3) is 0 Å². The Morgan fingerprint density at radius 2 is 2.09 bits per heavy atom. The molecule has 2 rings (SSSR count). The highest BCUT2D eigenvalue weighted by molar-refractivity contribution is 5.95. The number of amides is 2. The van der Waals surface area contributed by atoms with Crippen LogP contribution in [0.2, 0.25) is 0 Å². The van der Waals surface area contributed by atoms with E-state index in [1.54, 1.807) is 18.3 Å². The number of methoxy groups -OCH3 is 1. The predicted molar refractivity (Wildman–Crippen MR) is 79.2 cm³/mol. The molecule has 1 aliphatic heterocycles. The number of aliphatic carboxylic acids is 1. The van der Waals surface area contributed by atoms with Gasteiger partial charge in [0, 0.05) is 19.2 Å². The topological polar surface area (TPSA) is 82.6 Å². The molecule has 7 heteroatoms. The third-order valence-electron chi connectivity index (χ3n) is 4.33. The van der Waals surface area contributed by atoms with Gasteiger partial charge in [-0.25, -0.2) is 14.3 Å². The highest BCUT2D eigenvalue weighted by Gasteiger charge is 2.59. The molecule has 2 amide bonds. The van der Waals surface area contributed by atoms with Gasteiger partial charge in [-0.15, -0.1) is 0 Å². The Bertz CT molecular complexity index is 594. The summed E-state index contributed by atoms with van der Waals surface area (Å²) in [5.41, 5.74) is 0.0973. The standard InChI is InChI=1S/C15H21N3O4/c1-15(2,3)18(10-6-7-12(22-5)16-8-10)9-11(13(19)20)17(4)14(18)21/h6-8,11H,9H2,1-5H3. The van der Waals surface area contributed by atoms with Crippen molar-refractivity contribution < 1.29 is 19.4 Å². The summed E-state index contributed by atoms with van der Waals surface area (Å²) in [6.45, 7) is 5.82. The number of carbonyl (C=O) groups excluding carboxylic acids is 2. The Labute approximate surface area is 129 Å². The third-order valence-corrected chi connectivity index (χ3v) is 4.33. The first-order valence-electron chi connectivity index (χ1n) is 7.02.